The summed E-state index contributed by atoms with van der Waals surface area (Å²) in [4.78, 5) is 11.7. The van der Waals surface area contributed by atoms with Crippen molar-refractivity contribution in [3.63, 3.8) is 0 Å². The van der Waals surface area contributed by atoms with Crippen molar-refractivity contribution < 1.29 is 22.4 Å². The second kappa shape index (κ2) is 8.52. The number of aryl methyl sites for hydroxylation is 1. The van der Waals surface area contributed by atoms with Crippen LogP contribution in [0.2, 0.25) is 0 Å². The van der Waals surface area contributed by atoms with Crippen molar-refractivity contribution >= 4 is 28.3 Å². The van der Waals surface area contributed by atoms with E-state index in [0.29, 0.717) is 22.7 Å². The summed E-state index contributed by atoms with van der Waals surface area (Å²) < 4.78 is 59.2. The molecule has 0 aliphatic heterocycles. The summed E-state index contributed by atoms with van der Waals surface area (Å²) in [6.07, 6.45) is -3.30. The van der Waals surface area contributed by atoms with E-state index < -0.39 is 23.5 Å². The highest BCUT2D eigenvalue weighted by Crippen LogP contribution is 2.40. The van der Waals surface area contributed by atoms with E-state index in [9.17, 15) is 18.0 Å². The van der Waals surface area contributed by atoms with E-state index in [0.717, 1.165) is 6.07 Å². The van der Waals surface area contributed by atoms with Crippen LogP contribution in [-0.4, -0.2) is 25.5 Å². The van der Waals surface area contributed by atoms with Gasteiger partial charge in [0, 0.05) is 29.8 Å². The van der Waals surface area contributed by atoms with E-state index in [2.05, 4.69) is 15.5 Å². The van der Waals surface area contributed by atoms with Crippen molar-refractivity contribution in [2.45, 2.75) is 6.18 Å². The summed E-state index contributed by atoms with van der Waals surface area (Å²) in [5, 5.41) is 12.0. The van der Waals surface area contributed by atoms with E-state index in [1.807, 2.05) is 0 Å². The van der Waals surface area contributed by atoms with Gasteiger partial charge in [-0.1, -0.05) is 18.2 Å². The minimum atomic E-state index is -4.80. The molecule has 0 fully saturated rings. The summed E-state index contributed by atoms with van der Waals surface area (Å²) in [5.74, 6) is -1.46. The Morgan fingerprint density at radius 3 is 2.39 bits per heavy atom. The lowest BCUT2D eigenvalue weighted by Gasteiger charge is -2.16. The number of para-hydroxylation sites is 1. The molecule has 182 valence electrons. The van der Waals surface area contributed by atoms with Crippen molar-refractivity contribution in [3.05, 3.63) is 89.9 Å². The summed E-state index contributed by atoms with van der Waals surface area (Å²) >= 11 is 0. The molecule has 11 heteroatoms. The van der Waals surface area contributed by atoms with E-state index in [1.54, 1.807) is 43.4 Å². The number of nitrogens with zero attached hydrogens (tertiary/aromatic N) is 4. The molecule has 3 aromatic carbocycles. The molecular weight excluding hydrogens is 476 g/mol. The minimum absolute atomic E-state index is 0.0420. The van der Waals surface area contributed by atoms with Gasteiger partial charge in [0.05, 0.1) is 28.1 Å². The Bertz CT molecular complexity index is 1600. The molecule has 0 saturated carbocycles. The predicted octanol–water partition coefficient (Wildman–Crippen LogP) is 5.43. The van der Waals surface area contributed by atoms with Crippen LogP contribution in [-0.2, 0) is 13.2 Å². The highest BCUT2D eigenvalue weighted by atomic mass is 19.4. The smallest absolute Gasteiger partial charge is 0.366 e. The quantitative estimate of drug-likeness (QED) is 0.319. The predicted molar refractivity (Wildman–Crippen MR) is 126 cm³/mol. The summed E-state index contributed by atoms with van der Waals surface area (Å²) in [6, 6.07) is 16.4. The molecule has 1 amide bonds. The topological polar surface area (TPSA) is 90.8 Å². The molecule has 5 aromatic rings. The Kier molecular flexibility index (Phi) is 5.47. The molecule has 0 unspecified atom stereocenters. The van der Waals surface area contributed by atoms with Crippen LogP contribution in [0.3, 0.4) is 0 Å². The molecule has 0 aliphatic rings. The van der Waals surface area contributed by atoms with Crippen LogP contribution >= 0.6 is 0 Å². The zero-order valence-corrected chi connectivity index (χ0v) is 18.7. The first kappa shape index (κ1) is 23.1. The van der Waals surface area contributed by atoms with Gasteiger partial charge in [-0.05, 0) is 48.5 Å². The number of primary amides is 1. The van der Waals surface area contributed by atoms with E-state index in [1.165, 1.54) is 33.8 Å². The molecule has 0 spiro atoms. The highest BCUT2D eigenvalue weighted by molar-refractivity contribution is 6.00. The van der Waals surface area contributed by atoms with Crippen molar-refractivity contribution in [3.8, 4) is 16.9 Å². The van der Waals surface area contributed by atoms with Gasteiger partial charge in [0.25, 0.3) is 0 Å². The van der Waals surface area contributed by atoms with Crippen molar-refractivity contribution in [1.82, 2.24) is 19.6 Å². The van der Waals surface area contributed by atoms with E-state index >= 15 is 4.39 Å². The molecule has 5 rings (SSSR count). The van der Waals surface area contributed by atoms with Crippen molar-refractivity contribution in [2.24, 2.45) is 12.8 Å². The fourth-order valence-electron chi connectivity index (χ4n) is 3.92. The van der Waals surface area contributed by atoms with Crippen LogP contribution in [0.25, 0.3) is 27.8 Å². The third-order valence-electron chi connectivity index (χ3n) is 5.61. The molecule has 7 nitrogen and oxygen atoms in total. The van der Waals surface area contributed by atoms with Gasteiger partial charge in [-0.3, -0.25) is 9.48 Å². The van der Waals surface area contributed by atoms with Crippen LogP contribution in [0.15, 0.2) is 72.9 Å². The molecule has 0 radical (unpaired) electrons. The maximum absolute atomic E-state index is 15.1. The summed E-state index contributed by atoms with van der Waals surface area (Å²) in [5.41, 5.74) is 5.02. The second-order valence-electron chi connectivity index (χ2n) is 8.07. The van der Waals surface area contributed by atoms with Gasteiger partial charge in [-0.25, -0.2) is 9.07 Å². The number of halogens is 4. The fourth-order valence-corrected chi connectivity index (χ4v) is 3.92. The zero-order valence-electron chi connectivity index (χ0n) is 18.7. The lowest BCUT2D eigenvalue weighted by atomic mass is 10.0. The first-order valence-electron chi connectivity index (χ1n) is 10.7. The number of benzene rings is 3. The molecule has 0 bridgehead atoms. The van der Waals surface area contributed by atoms with Crippen LogP contribution < -0.4 is 11.1 Å². The molecule has 0 saturated heterocycles. The van der Waals surface area contributed by atoms with Crippen LogP contribution in [0.5, 0.6) is 0 Å². The van der Waals surface area contributed by atoms with Gasteiger partial charge in [-0.15, -0.1) is 0 Å². The Morgan fingerprint density at radius 1 is 1.00 bits per heavy atom. The zero-order chi connectivity index (χ0) is 25.6. The lowest BCUT2D eigenvalue weighted by Crippen LogP contribution is -2.10. The molecule has 36 heavy (non-hydrogen) atoms. The molecule has 2 aromatic heterocycles. The van der Waals surface area contributed by atoms with E-state index in [-0.39, 0.29) is 28.3 Å². The van der Waals surface area contributed by atoms with Gasteiger partial charge >= 0.3 is 6.18 Å². The summed E-state index contributed by atoms with van der Waals surface area (Å²) in [7, 11) is 1.57. The van der Waals surface area contributed by atoms with Gasteiger partial charge in [0.15, 0.2) is 0 Å². The molecular formula is C25H18F4N6O. The number of nitrogens with two attached hydrogens (primary N) is 1. The normalized spacial score (nSPS) is 11.7. The Labute approximate surface area is 201 Å². The number of rotatable bonds is 5. The number of alkyl halides is 3. The van der Waals surface area contributed by atoms with E-state index in [4.69, 9.17) is 5.73 Å². The summed E-state index contributed by atoms with van der Waals surface area (Å²) in [6.45, 7) is 0. The van der Waals surface area contributed by atoms with Gasteiger partial charge in [-0.2, -0.15) is 23.4 Å². The average molecular weight is 494 g/mol. The first-order chi connectivity index (χ1) is 17.1. The van der Waals surface area contributed by atoms with Crippen LogP contribution in [0.4, 0.5) is 29.1 Å². The highest BCUT2D eigenvalue weighted by Gasteiger charge is 2.35. The Balaban J connectivity index is 1.71. The number of fused-ring (bicyclic) bond motifs is 1. The molecule has 0 atom stereocenters. The number of nitrogens with one attached hydrogen (secondary N) is 1. The lowest BCUT2D eigenvalue weighted by molar-refractivity contribution is -0.137. The number of anilines is 2. The number of carbonyl (C=O) groups is 1. The molecule has 2 heterocycles. The van der Waals surface area contributed by atoms with Crippen molar-refractivity contribution in [1.29, 1.82) is 0 Å². The Morgan fingerprint density at radius 2 is 1.75 bits per heavy atom. The number of carbonyl (C=O) groups excluding carboxylic acids is 1. The van der Waals surface area contributed by atoms with Crippen LogP contribution in [0, 0.1) is 5.82 Å². The largest absolute Gasteiger partial charge is 0.417 e. The maximum Gasteiger partial charge on any atom is 0.417 e. The standard InChI is InChI=1S/C25H18F4N6O/c1-34-10-9-20(32-34)17-12-22(19(26)13-18(17)25(27,28)29)31-24-16-8-7-14(23(30)36)11-21(16)33-35(24)15-5-3-2-4-6-15/h2-13,31H,1H3,(H2,30,36). The second-order valence-corrected chi connectivity index (χ2v) is 8.07. The molecule has 3 N–H and O–H groups in total. The number of aromatic nitrogens is 4. The third kappa shape index (κ3) is 4.15. The first-order valence-corrected chi connectivity index (χ1v) is 10.7. The van der Waals surface area contributed by atoms with Gasteiger partial charge in [0.2, 0.25) is 5.91 Å². The van der Waals surface area contributed by atoms with Gasteiger partial charge in [0.1, 0.15) is 11.6 Å². The third-order valence-corrected chi connectivity index (χ3v) is 5.61. The minimum Gasteiger partial charge on any atom is -0.366 e. The average Bonchev–Trinajstić information content (AvgIpc) is 3.43. The van der Waals surface area contributed by atoms with Crippen molar-refractivity contribution in [2.75, 3.05) is 5.32 Å². The number of hydrogen-bond donors (Lipinski definition) is 2. The van der Waals surface area contributed by atoms with Gasteiger partial charge < -0.3 is 11.1 Å². The Hall–Kier alpha value is -4.67. The monoisotopic (exact) mass is 494 g/mol. The fraction of sp³-hybridized carbons (Fsp3) is 0.0800. The SMILES string of the molecule is Cn1ccc(-c2cc(Nc3c4ccc(C(N)=O)cc4nn3-c3ccccc3)c(F)cc2C(F)(F)F)n1. The number of hydrogen-bond acceptors (Lipinski definition) is 4. The maximum atomic E-state index is 15.1. The van der Waals surface area contributed by atoms with Crippen LogP contribution in [0.1, 0.15) is 15.9 Å². The molecule has 0 aliphatic carbocycles. The number of amides is 1.